The number of thioether (sulfide) groups is 1. The number of ether oxygens (including phenoxy) is 2. The van der Waals surface area contributed by atoms with Crippen molar-refractivity contribution in [2.45, 2.75) is 25.3 Å². The Balaban J connectivity index is 1.57. The van der Waals surface area contributed by atoms with Gasteiger partial charge in [0.1, 0.15) is 30.8 Å². The highest BCUT2D eigenvalue weighted by Gasteiger charge is 2.31. The number of benzene rings is 2. The highest BCUT2D eigenvalue weighted by atomic mass is 32.2. The number of hydrogen-bond acceptors (Lipinski definition) is 5. The predicted octanol–water partition coefficient (Wildman–Crippen LogP) is 3.55. The molecule has 0 bridgehead atoms. The first-order chi connectivity index (χ1) is 12.5. The quantitative estimate of drug-likeness (QED) is 0.724. The fourth-order valence-electron chi connectivity index (χ4n) is 2.79. The molecule has 0 spiro atoms. The van der Waals surface area contributed by atoms with Gasteiger partial charge in [0.15, 0.2) is 0 Å². The van der Waals surface area contributed by atoms with Gasteiger partial charge in [-0.3, -0.25) is 10.1 Å². The molecule has 1 saturated heterocycles. The smallest absolute Gasteiger partial charge is 0.321 e. The van der Waals surface area contributed by atoms with E-state index in [0.29, 0.717) is 19.0 Å². The average Bonchev–Trinajstić information content (AvgIpc) is 3.12. The molecular weight excluding hydrogens is 350 g/mol. The third-order valence-electron chi connectivity index (χ3n) is 4.22. The zero-order chi connectivity index (χ0) is 18.5. The number of nitrogens with one attached hydrogen (secondary N) is 1. The van der Waals surface area contributed by atoms with Crippen molar-refractivity contribution in [1.29, 1.82) is 0 Å². The van der Waals surface area contributed by atoms with Crippen molar-refractivity contribution in [2.75, 3.05) is 19.0 Å². The van der Waals surface area contributed by atoms with E-state index in [1.165, 1.54) is 0 Å². The minimum absolute atomic E-state index is 0.0766. The second-order valence-electron chi connectivity index (χ2n) is 6.27. The van der Waals surface area contributed by atoms with Crippen molar-refractivity contribution in [1.82, 2.24) is 5.32 Å². The first-order valence-electron chi connectivity index (χ1n) is 8.57. The second-order valence-corrected chi connectivity index (χ2v) is 7.41. The Morgan fingerprint density at radius 3 is 2.62 bits per heavy atom. The van der Waals surface area contributed by atoms with Crippen LogP contribution in [0, 0.1) is 13.8 Å². The van der Waals surface area contributed by atoms with Gasteiger partial charge in [0.05, 0.1) is 5.37 Å². The van der Waals surface area contributed by atoms with Crippen LogP contribution in [0.15, 0.2) is 42.5 Å². The van der Waals surface area contributed by atoms with Crippen molar-refractivity contribution in [3.8, 4) is 11.5 Å². The Morgan fingerprint density at radius 2 is 1.88 bits per heavy atom. The maximum absolute atomic E-state index is 11.1. The van der Waals surface area contributed by atoms with Crippen LogP contribution in [0.4, 0.5) is 0 Å². The Kier molecular flexibility index (Phi) is 6.06. The summed E-state index contributed by atoms with van der Waals surface area (Å²) in [5, 5.41) is 12.2. The summed E-state index contributed by atoms with van der Waals surface area (Å²) >= 11 is 1.58. The molecule has 5 nitrogen and oxygen atoms in total. The predicted molar refractivity (Wildman–Crippen MR) is 103 cm³/mol. The van der Waals surface area contributed by atoms with Crippen molar-refractivity contribution in [3.63, 3.8) is 0 Å². The van der Waals surface area contributed by atoms with E-state index in [1.54, 1.807) is 11.8 Å². The Bertz CT molecular complexity index is 780. The lowest BCUT2D eigenvalue weighted by atomic mass is 10.1. The number of carbonyl (C=O) groups is 1. The molecule has 2 aromatic carbocycles. The van der Waals surface area contributed by atoms with E-state index in [4.69, 9.17) is 14.6 Å². The van der Waals surface area contributed by atoms with Crippen LogP contribution in [0.5, 0.6) is 11.5 Å². The molecule has 138 valence electrons. The van der Waals surface area contributed by atoms with Crippen LogP contribution in [-0.2, 0) is 4.79 Å². The van der Waals surface area contributed by atoms with E-state index in [9.17, 15) is 4.79 Å². The lowest BCUT2D eigenvalue weighted by Gasteiger charge is -2.17. The molecule has 1 fully saturated rings. The lowest BCUT2D eigenvalue weighted by molar-refractivity contribution is -0.138. The molecule has 1 heterocycles. The van der Waals surface area contributed by atoms with Gasteiger partial charge in [-0.25, -0.2) is 0 Å². The summed E-state index contributed by atoms with van der Waals surface area (Å²) in [5.41, 5.74) is 3.23. The van der Waals surface area contributed by atoms with Crippen LogP contribution >= 0.6 is 11.8 Å². The molecule has 26 heavy (non-hydrogen) atoms. The van der Waals surface area contributed by atoms with E-state index in [1.807, 2.05) is 50.2 Å². The third-order valence-corrected chi connectivity index (χ3v) is 5.47. The van der Waals surface area contributed by atoms with Gasteiger partial charge in [-0.1, -0.05) is 30.3 Å². The number of hydrogen-bond donors (Lipinski definition) is 2. The minimum atomic E-state index is -0.819. The van der Waals surface area contributed by atoms with E-state index in [2.05, 4.69) is 11.4 Å². The second kappa shape index (κ2) is 8.47. The summed E-state index contributed by atoms with van der Waals surface area (Å²) < 4.78 is 11.7. The van der Waals surface area contributed by atoms with Crippen molar-refractivity contribution in [2.24, 2.45) is 0 Å². The summed E-state index contributed by atoms with van der Waals surface area (Å²) in [6, 6.07) is 13.3. The number of carboxylic acids is 1. The summed E-state index contributed by atoms with van der Waals surface area (Å²) in [5.74, 6) is 1.36. The fourth-order valence-corrected chi connectivity index (χ4v) is 4.05. The Hall–Kier alpha value is -2.18. The van der Waals surface area contributed by atoms with Crippen LogP contribution in [0.2, 0.25) is 0 Å². The van der Waals surface area contributed by atoms with Crippen molar-refractivity contribution in [3.05, 3.63) is 59.2 Å². The number of aryl methyl sites for hydroxylation is 2. The summed E-state index contributed by atoms with van der Waals surface area (Å²) in [6.07, 6.45) is 0. The van der Waals surface area contributed by atoms with E-state index in [-0.39, 0.29) is 5.37 Å². The van der Waals surface area contributed by atoms with E-state index < -0.39 is 12.0 Å². The molecule has 1 aliphatic heterocycles. The molecule has 6 heteroatoms. The van der Waals surface area contributed by atoms with Crippen LogP contribution < -0.4 is 14.8 Å². The largest absolute Gasteiger partial charge is 0.490 e. The molecule has 2 atom stereocenters. The third kappa shape index (κ3) is 4.51. The molecule has 1 aliphatic rings. The van der Waals surface area contributed by atoms with Gasteiger partial charge < -0.3 is 14.6 Å². The average molecular weight is 373 g/mol. The zero-order valence-corrected chi connectivity index (χ0v) is 15.7. The molecule has 0 amide bonds. The van der Waals surface area contributed by atoms with Gasteiger partial charge in [-0.2, -0.15) is 0 Å². The minimum Gasteiger partial charge on any atom is -0.490 e. The number of rotatable bonds is 7. The molecule has 0 aliphatic carbocycles. The molecule has 0 aromatic heterocycles. The van der Waals surface area contributed by atoms with E-state index >= 15 is 0 Å². The van der Waals surface area contributed by atoms with Gasteiger partial charge in [-0.05, 0) is 37.1 Å². The maximum Gasteiger partial charge on any atom is 0.321 e. The van der Waals surface area contributed by atoms with Crippen molar-refractivity contribution >= 4 is 17.7 Å². The topological polar surface area (TPSA) is 67.8 Å². The molecule has 0 radical (unpaired) electrons. The lowest BCUT2D eigenvalue weighted by Crippen LogP contribution is -2.33. The fraction of sp³-hybridized carbons (Fsp3) is 0.350. The molecular formula is C20H23NO4S. The number of carboxylic acid groups (broad SMARTS) is 1. The van der Waals surface area contributed by atoms with Gasteiger partial charge in [-0.15, -0.1) is 11.8 Å². The van der Waals surface area contributed by atoms with Gasteiger partial charge in [0.25, 0.3) is 0 Å². The Morgan fingerprint density at radius 1 is 1.15 bits per heavy atom. The van der Waals surface area contributed by atoms with E-state index in [0.717, 1.165) is 28.2 Å². The molecule has 2 N–H and O–H groups in total. The first-order valence-corrected chi connectivity index (χ1v) is 9.61. The van der Waals surface area contributed by atoms with Gasteiger partial charge in [0.2, 0.25) is 0 Å². The van der Waals surface area contributed by atoms with Crippen LogP contribution in [0.25, 0.3) is 0 Å². The highest BCUT2D eigenvalue weighted by molar-refractivity contribution is 7.99. The number of aliphatic carboxylic acids is 1. The summed E-state index contributed by atoms with van der Waals surface area (Å²) in [6.45, 7) is 4.92. The van der Waals surface area contributed by atoms with Crippen molar-refractivity contribution < 1.29 is 19.4 Å². The Labute approximate surface area is 157 Å². The normalized spacial score (nSPS) is 19.3. The number of para-hydroxylation sites is 1. The van der Waals surface area contributed by atoms with Gasteiger partial charge in [0, 0.05) is 11.3 Å². The molecule has 0 saturated carbocycles. The summed E-state index contributed by atoms with van der Waals surface area (Å²) in [4.78, 5) is 11.1. The zero-order valence-electron chi connectivity index (χ0n) is 14.9. The molecule has 3 rings (SSSR count). The highest BCUT2D eigenvalue weighted by Crippen LogP contribution is 2.37. The van der Waals surface area contributed by atoms with Crippen LogP contribution in [0.1, 0.15) is 22.1 Å². The first kappa shape index (κ1) is 18.6. The molecule has 2 aromatic rings. The standard InChI is InChI=1S/C20H23NO4S/c1-13-7-8-14(2)18(11-13)25-10-9-24-17-6-4-3-5-15(17)19-21-16(12-26-19)20(22)23/h3-8,11,16,19,21H,9-10,12H2,1-2H3,(H,22,23). The monoisotopic (exact) mass is 373 g/mol. The van der Waals surface area contributed by atoms with Crippen LogP contribution in [-0.4, -0.2) is 36.1 Å². The van der Waals surface area contributed by atoms with Gasteiger partial charge >= 0.3 is 5.97 Å². The SMILES string of the molecule is Cc1ccc(C)c(OCCOc2ccccc2C2NC(C(=O)O)CS2)c1. The maximum atomic E-state index is 11.1. The van der Waals surface area contributed by atoms with Crippen LogP contribution in [0.3, 0.4) is 0 Å². The summed E-state index contributed by atoms with van der Waals surface area (Å²) in [7, 11) is 0. The molecule has 2 unspecified atom stereocenters.